The third kappa shape index (κ3) is 19.4. The molecule has 3 nitrogen and oxygen atoms in total. The highest BCUT2D eigenvalue weighted by molar-refractivity contribution is 5.69. The number of hydrogen-bond donors (Lipinski definition) is 0. The molecule has 0 fully saturated rings. The minimum absolute atomic E-state index is 0.0824. The Morgan fingerprint density at radius 1 is 0.609 bits per heavy atom. The normalized spacial score (nSPS) is 10.9. The van der Waals surface area contributed by atoms with Gasteiger partial charge < -0.3 is 9.47 Å². The van der Waals surface area contributed by atoms with Crippen LogP contribution in [0.3, 0.4) is 0 Å². The summed E-state index contributed by atoms with van der Waals surface area (Å²) in [5.41, 5.74) is 0. The van der Waals surface area contributed by atoms with Crippen LogP contribution in [0.1, 0.15) is 104 Å². The lowest BCUT2D eigenvalue weighted by Gasteiger charge is -2.06. The van der Waals surface area contributed by atoms with Crippen molar-refractivity contribution in [3.63, 3.8) is 0 Å². The number of rotatable bonds is 18. The Labute approximate surface area is 144 Å². The van der Waals surface area contributed by atoms with E-state index in [4.69, 9.17) is 9.47 Å². The van der Waals surface area contributed by atoms with Crippen LogP contribution in [0.5, 0.6) is 0 Å². The van der Waals surface area contributed by atoms with E-state index in [0.29, 0.717) is 19.6 Å². The van der Waals surface area contributed by atoms with Gasteiger partial charge in [-0.3, -0.25) is 4.79 Å². The average molecular weight is 329 g/mol. The van der Waals surface area contributed by atoms with Gasteiger partial charge in [-0.25, -0.2) is 0 Å². The lowest BCUT2D eigenvalue weighted by atomic mass is 10.1. The summed E-state index contributed by atoms with van der Waals surface area (Å²) >= 11 is 0. The maximum Gasteiger partial charge on any atom is 0.305 e. The molecular formula is C20H40O3. The third-order valence-electron chi connectivity index (χ3n) is 4.12. The van der Waals surface area contributed by atoms with E-state index in [1.165, 1.54) is 57.8 Å². The van der Waals surface area contributed by atoms with E-state index >= 15 is 0 Å². The number of hydrogen-bond acceptors (Lipinski definition) is 3. The molecule has 0 rings (SSSR count). The van der Waals surface area contributed by atoms with Gasteiger partial charge >= 0.3 is 5.97 Å². The highest BCUT2D eigenvalue weighted by Gasteiger charge is 2.01. The Kier molecular flexibility index (Phi) is 19.0. The summed E-state index contributed by atoms with van der Waals surface area (Å²) in [6.45, 7) is 6.13. The molecule has 3 heteroatoms. The standard InChI is InChI=1S/C20H40O3/c1-3-5-7-8-9-10-11-12-13-15-17-22-18-19-23-20(21)16-14-6-4-2/h3-19H2,1-2H3. The minimum Gasteiger partial charge on any atom is -0.463 e. The van der Waals surface area contributed by atoms with E-state index in [0.717, 1.165) is 32.3 Å². The molecule has 0 radical (unpaired) electrons. The van der Waals surface area contributed by atoms with E-state index in [1.807, 2.05) is 0 Å². The van der Waals surface area contributed by atoms with Gasteiger partial charge in [0.2, 0.25) is 0 Å². The number of unbranched alkanes of at least 4 members (excludes halogenated alkanes) is 11. The summed E-state index contributed by atoms with van der Waals surface area (Å²) < 4.78 is 10.6. The first-order valence-electron chi connectivity index (χ1n) is 10.0. The van der Waals surface area contributed by atoms with Gasteiger partial charge in [-0.15, -0.1) is 0 Å². The molecule has 0 saturated heterocycles. The zero-order valence-electron chi connectivity index (χ0n) is 15.7. The summed E-state index contributed by atoms with van der Waals surface area (Å²) in [6.07, 6.45) is 17.1. The van der Waals surface area contributed by atoms with Crippen LogP contribution < -0.4 is 0 Å². The van der Waals surface area contributed by atoms with Gasteiger partial charge in [0.25, 0.3) is 0 Å². The topological polar surface area (TPSA) is 35.5 Å². The second-order valence-corrected chi connectivity index (χ2v) is 6.47. The van der Waals surface area contributed by atoms with Gasteiger partial charge in [0.15, 0.2) is 0 Å². The van der Waals surface area contributed by atoms with Gasteiger partial charge in [0.1, 0.15) is 6.61 Å². The molecule has 0 atom stereocenters. The van der Waals surface area contributed by atoms with Crippen LogP contribution in [0.2, 0.25) is 0 Å². The summed E-state index contributed by atoms with van der Waals surface area (Å²) in [4.78, 5) is 11.4. The van der Waals surface area contributed by atoms with Crippen LogP contribution in [0.25, 0.3) is 0 Å². The van der Waals surface area contributed by atoms with Crippen LogP contribution in [-0.2, 0) is 14.3 Å². The molecule has 0 aliphatic carbocycles. The Morgan fingerprint density at radius 3 is 1.74 bits per heavy atom. The van der Waals surface area contributed by atoms with Crippen molar-refractivity contribution in [3.05, 3.63) is 0 Å². The van der Waals surface area contributed by atoms with Crippen LogP contribution in [-0.4, -0.2) is 25.8 Å². The van der Waals surface area contributed by atoms with Crippen LogP contribution in [0, 0.1) is 0 Å². The van der Waals surface area contributed by atoms with Crippen molar-refractivity contribution >= 4 is 5.97 Å². The second-order valence-electron chi connectivity index (χ2n) is 6.47. The fourth-order valence-electron chi connectivity index (χ4n) is 2.60. The largest absolute Gasteiger partial charge is 0.463 e. The van der Waals surface area contributed by atoms with E-state index in [1.54, 1.807) is 0 Å². The Balaban J connectivity index is 3.06. The zero-order valence-corrected chi connectivity index (χ0v) is 15.7. The van der Waals surface area contributed by atoms with Crippen molar-refractivity contribution in [2.24, 2.45) is 0 Å². The SMILES string of the molecule is CCCCCCCCCCCCOCCOC(=O)CCCCC. The van der Waals surface area contributed by atoms with Gasteiger partial charge in [-0.2, -0.15) is 0 Å². The lowest BCUT2D eigenvalue weighted by Crippen LogP contribution is -2.10. The van der Waals surface area contributed by atoms with E-state index in [-0.39, 0.29) is 5.97 Å². The van der Waals surface area contributed by atoms with Crippen molar-refractivity contribution in [2.75, 3.05) is 19.8 Å². The van der Waals surface area contributed by atoms with Crippen LogP contribution in [0.15, 0.2) is 0 Å². The van der Waals surface area contributed by atoms with Gasteiger partial charge in [0, 0.05) is 13.0 Å². The third-order valence-corrected chi connectivity index (χ3v) is 4.12. The Hall–Kier alpha value is -0.570. The zero-order chi connectivity index (χ0) is 17.0. The Morgan fingerprint density at radius 2 is 1.13 bits per heavy atom. The van der Waals surface area contributed by atoms with Gasteiger partial charge in [-0.1, -0.05) is 84.5 Å². The van der Waals surface area contributed by atoms with Crippen molar-refractivity contribution in [1.29, 1.82) is 0 Å². The molecular weight excluding hydrogens is 288 g/mol. The molecule has 0 aromatic carbocycles. The lowest BCUT2D eigenvalue weighted by molar-refractivity contribution is -0.145. The quantitative estimate of drug-likeness (QED) is 0.227. The summed E-state index contributed by atoms with van der Waals surface area (Å²) in [5, 5.41) is 0. The molecule has 0 heterocycles. The van der Waals surface area contributed by atoms with Gasteiger partial charge in [0.05, 0.1) is 6.61 Å². The average Bonchev–Trinajstić information content (AvgIpc) is 2.55. The van der Waals surface area contributed by atoms with E-state index in [2.05, 4.69) is 13.8 Å². The fraction of sp³-hybridized carbons (Fsp3) is 0.950. The summed E-state index contributed by atoms with van der Waals surface area (Å²) in [5.74, 6) is -0.0824. The maximum absolute atomic E-state index is 11.4. The highest BCUT2D eigenvalue weighted by atomic mass is 16.6. The fourth-order valence-corrected chi connectivity index (χ4v) is 2.60. The molecule has 0 aromatic heterocycles. The van der Waals surface area contributed by atoms with Gasteiger partial charge in [-0.05, 0) is 12.8 Å². The molecule has 138 valence electrons. The maximum atomic E-state index is 11.4. The minimum atomic E-state index is -0.0824. The molecule has 0 aliphatic rings. The van der Waals surface area contributed by atoms with E-state index < -0.39 is 0 Å². The smallest absolute Gasteiger partial charge is 0.305 e. The number of ether oxygens (including phenoxy) is 2. The number of carbonyl (C=O) groups excluding carboxylic acids is 1. The first kappa shape index (κ1) is 22.4. The molecule has 23 heavy (non-hydrogen) atoms. The molecule has 0 aromatic rings. The summed E-state index contributed by atoms with van der Waals surface area (Å²) in [7, 11) is 0. The molecule has 0 N–H and O–H groups in total. The second kappa shape index (κ2) is 19.5. The number of carbonyl (C=O) groups is 1. The van der Waals surface area contributed by atoms with Crippen molar-refractivity contribution < 1.29 is 14.3 Å². The predicted molar refractivity (Wildman–Crippen MR) is 97.8 cm³/mol. The molecule has 0 bridgehead atoms. The molecule has 0 amide bonds. The first-order chi connectivity index (χ1) is 11.3. The van der Waals surface area contributed by atoms with Crippen LogP contribution >= 0.6 is 0 Å². The molecule has 0 spiro atoms. The monoisotopic (exact) mass is 328 g/mol. The molecule has 0 unspecified atom stereocenters. The summed E-state index contributed by atoms with van der Waals surface area (Å²) in [6, 6.07) is 0. The number of esters is 1. The van der Waals surface area contributed by atoms with Crippen molar-refractivity contribution in [1.82, 2.24) is 0 Å². The molecule has 0 saturated carbocycles. The van der Waals surface area contributed by atoms with Crippen molar-refractivity contribution in [2.45, 2.75) is 104 Å². The van der Waals surface area contributed by atoms with Crippen LogP contribution in [0.4, 0.5) is 0 Å². The van der Waals surface area contributed by atoms with E-state index in [9.17, 15) is 4.79 Å². The molecule has 0 aliphatic heterocycles. The highest BCUT2D eigenvalue weighted by Crippen LogP contribution is 2.10. The first-order valence-corrected chi connectivity index (χ1v) is 10.0. The predicted octanol–water partition coefficient (Wildman–Crippen LogP) is 6.05. The Bertz CT molecular complexity index is 241. The van der Waals surface area contributed by atoms with Crippen molar-refractivity contribution in [3.8, 4) is 0 Å².